The van der Waals surface area contributed by atoms with Gasteiger partial charge in [-0.05, 0) is 35.2 Å². The Kier molecular flexibility index (Phi) is 11.0. The van der Waals surface area contributed by atoms with Crippen LogP contribution in [0.4, 0.5) is 0 Å². The van der Waals surface area contributed by atoms with E-state index >= 15 is 0 Å². The summed E-state index contributed by atoms with van der Waals surface area (Å²) < 4.78 is 0. The second kappa shape index (κ2) is 14.2. The van der Waals surface area contributed by atoms with E-state index in [-0.39, 0.29) is 17.6 Å². The van der Waals surface area contributed by atoms with Crippen molar-refractivity contribution in [1.82, 2.24) is 10.2 Å². The molecule has 0 aliphatic heterocycles. The summed E-state index contributed by atoms with van der Waals surface area (Å²) in [7, 11) is 0. The number of thioether (sulfide) groups is 1. The fourth-order valence-corrected chi connectivity index (χ4v) is 5.14. The Hall–Kier alpha value is -2.47. The predicted octanol–water partition coefficient (Wildman–Crippen LogP) is 6.39. The zero-order valence-corrected chi connectivity index (χ0v) is 22.1. The summed E-state index contributed by atoms with van der Waals surface area (Å²) in [6.45, 7) is 2.94. The normalized spacial score (nSPS) is 11.6. The molecule has 0 radical (unpaired) electrons. The number of hydrogen-bond acceptors (Lipinski definition) is 3. The molecule has 3 rings (SSSR count). The van der Waals surface area contributed by atoms with Gasteiger partial charge in [0.15, 0.2) is 0 Å². The smallest absolute Gasteiger partial charge is 0.243 e. The highest BCUT2D eigenvalue weighted by Gasteiger charge is 2.30. The fourth-order valence-electron chi connectivity index (χ4n) is 3.67. The lowest BCUT2D eigenvalue weighted by Gasteiger charge is -2.31. The van der Waals surface area contributed by atoms with Crippen molar-refractivity contribution in [3.8, 4) is 0 Å². The number of benzene rings is 3. The lowest BCUT2D eigenvalue weighted by atomic mass is 10.0. The van der Waals surface area contributed by atoms with Crippen molar-refractivity contribution in [2.75, 3.05) is 12.3 Å². The van der Waals surface area contributed by atoms with Gasteiger partial charge in [0.05, 0.1) is 5.75 Å². The molecule has 0 aliphatic rings. The summed E-state index contributed by atoms with van der Waals surface area (Å²) in [6, 6.07) is 24.4. The van der Waals surface area contributed by atoms with Gasteiger partial charge in [0.2, 0.25) is 11.8 Å². The summed E-state index contributed by atoms with van der Waals surface area (Å²) in [5.41, 5.74) is 2.91. The first-order valence-corrected chi connectivity index (χ1v) is 13.6. The first-order valence-electron chi connectivity index (χ1n) is 11.6. The number of halogens is 2. The van der Waals surface area contributed by atoms with E-state index in [4.69, 9.17) is 23.2 Å². The topological polar surface area (TPSA) is 49.4 Å². The number of carbonyl (C=O) groups is 2. The van der Waals surface area contributed by atoms with E-state index in [0.29, 0.717) is 35.3 Å². The fraction of sp³-hybridized carbons (Fsp3) is 0.286. The Bertz CT molecular complexity index is 1100. The molecule has 0 aliphatic carbocycles. The summed E-state index contributed by atoms with van der Waals surface area (Å²) in [4.78, 5) is 28.5. The molecule has 0 unspecified atom stereocenters. The number of nitrogens with zero attached hydrogens (tertiary/aromatic N) is 1. The molecule has 1 N–H and O–H groups in total. The minimum absolute atomic E-state index is 0.0866. The van der Waals surface area contributed by atoms with E-state index in [1.807, 2.05) is 73.7 Å². The second-order valence-electron chi connectivity index (χ2n) is 8.23. The number of nitrogens with one attached hydrogen (secondary N) is 1. The molecular weight excluding hydrogens is 499 g/mol. The summed E-state index contributed by atoms with van der Waals surface area (Å²) >= 11 is 13.8. The van der Waals surface area contributed by atoms with Gasteiger partial charge in [-0.3, -0.25) is 9.59 Å². The van der Waals surface area contributed by atoms with E-state index in [1.54, 1.807) is 17.0 Å². The first kappa shape index (κ1) is 27.1. The van der Waals surface area contributed by atoms with Crippen molar-refractivity contribution >= 4 is 46.8 Å². The third-order valence-electron chi connectivity index (χ3n) is 5.51. The zero-order valence-electron chi connectivity index (χ0n) is 19.8. The van der Waals surface area contributed by atoms with Crippen molar-refractivity contribution in [2.24, 2.45) is 0 Å². The summed E-state index contributed by atoms with van der Waals surface area (Å²) in [5, 5.41) is 4.16. The van der Waals surface area contributed by atoms with Gasteiger partial charge < -0.3 is 10.2 Å². The maximum absolute atomic E-state index is 13.6. The Balaban J connectivity index is 1.81. The monoisotopic (exact) mass is 528 g/mol. The molecule has 4 nitrogen and oxygen atoms in total. The van der Waals surface area contributed by atoms with E-state index in [2.05, 4.69) is 5.32 Å². The molecule has 0 heterocycles. The van der Waals surface area contributed by atoms with Gasteiger partial charge >= 0.3 is 0 Å². The third kappa shape index (κ3) is 8.60. The molecule has 3 aromatic rings. The van der Waals surface area contributed by atoms with Crippen LogP contribution in [0.5, 0.6) is 0 Å². The lowest BCUT2D eigenvalue weighted by Crippen LogP contribution is -2.51. The van der Waals surface area contributed by atoms with Gasteiger partial charge in [-0.25, -0.2) is 0 Å². The molecule has 2 amide bonds. The molecule has 3 aromatic carbocycles. The number of carbonyl (C=O) groups excluding carboxylic acids is 2. The van der Waals surface area contributed by atoms with Crippen LogP contribution in [-0.4, -0.2) is 35.1 Å². The number of hydrogen-bond donors (Lipinski definition) is 1. The molecule has 0 bridgehead atoms. The van der Waals surface area contributed by atoms with Crippen LogP contribution in [0.3, 0.4) is 0 Å². The van der Waals surface area contributed by atoms with Crippen LogP contribution in [0.1, 0.15) is 30.0 Å². The van der Waals surface area contributed by atoms with E-state index in [1.165, 1.54) is 11.8 Å². The van der Waals surface area contributed by atoms with Crippen LogP contribution >= 0.6 is 35.0 Å². The number of amides is 2. The van der Waals surface area contributed by atoms with Crippen molar-refractivity contribution in [3.05, 3.63) is 106 Å². The number of rotatable bonds is 12. The molecule has 1 atom stereocenters. The van der Waals surface area contributed by atoms with Crippen molar-refractivity contribution < 1.29 is 9.59 Å². The van der Waals surface area contributed by atoms with Gasteiger partial charge in [0.1, 0.15) is 6.04 Å². The average molecular weight is 530 g/mol. The lowest BCUT2D eigenvalue weighted by molar-refractivity contribution is -0.139. The predicted molar refractivity (Wildman–Crippen MR) is 147 cm³/mol. The van der Waals surface area contributed by atoms with Gasteiger partial charge in [0, 0.05) is 35.3 Å². The molecule has 184 valence electrons. The Labute approximate surface area is 222 Å². The first-order chi connectivity index (χ1) is 17.0. The molecule has 35 heavy (non-hydrogen) atoms. The Morgan fingerprint density at radius 3 is 2.23 bits per heavy atom. The van der Waals surface area contributed by atoms with Crippen molar-refractivity contribution in [2.45, 2.75) is 38.1 Å². The molecule has 0 saturated heterocycles. The standard InChI is InChI=1S/C28H30Cl2N2O2S/c1-2-15-31-28(34)26(16-21-9-5-3-6-10-21)32(18-22-11-7-4-8-12-22)27(33)20-35-19-23-13-14-24(29)17-25(23)30/h3-14,17,26H,2,15-16,18-20H2,1H3,(H,31,34)/t26-/m0/s1. The summed E-state index contributed by atoms with van der Waals surface area (Å²) in [6.07, 6.45) is 1.27. The van der Waals surface area contributed by atoms with Crippen LogP contribution in [-0.2, 0) is 28.3 Å². The zero-order chi connectivity index (χ0) is 25.0. The molecule has 0 spiro atoms. The van der Waals surface area contributed by atoms with Crippen LogP contribution in [0, 0.1) is 0 Å². The minimum atomic E-state index is -0.614. The maximum Gasteiger partial charge on any atom is 0.243 e. The SMILES string of the molecule is CCCNC(=O)[C@H](Cc1ccccc1)N(Cc1ccccc1)C(=O)CSCc1ccc(Cl)cc1Cl. The molecule has 0 saturated carbocycles. The molecular formula is C28H30Cl2N2O2S. The van der Waals surface area contributed by atoms with E-state index in [0.717, 1.165) is 23.1 Å². The molecule has 0 aromatic heterocycles. The van der Waals surface area contributed by atoms with Gasteiger partial charge in [-0.15, -0.1) is 11.8 Å². The van der Waals surface area contributed by atoms with Gasteiger partial charge in [0.25, 0.3) is 0 Å². The van der Waals surface area contributed by atoms with E-state index in [9.17, 15) is 9.59 Å². The molecule has 0 fully saturated rings. The van der Waals surface area contributed by atoms with Gasteiger partial charge in [-0.2, -0.15) is 0 Å². The van der Waals surface area contributed by atoms with Crippen molar-refractivity contribution in [1.29, 1.82) is 0 Å². The van der Waals surface area contributed by atoms with Crippen LogP contribution in [0.25, 0.3) is 0 Å². The average Bonchev–Trinajstić information content (AvgIpc) is 2.87. The minimum Gasteiger partial charge on any atom is -0.354 e. The quantitative estimate of drug-likeness (QED) is 0.296. The summed E-state index contributed by atoms with van der Waals surface area (Å²) in [5.74, 6) is 0.590. The molecule has 7 heteroatoms. The van der Waals surface area contributed by atoms with Crippen LogP contribution in [0.15, 0.2) is 78.9 Å². The highest BCUT2D eigenvalue weighted by Crippen LogP contribution is 2.25. The highest BCUT2D eigenvalue weighted by molar-refractivity contribution is 7.99. The largest absolute Gasteiger partial charge is 0.354 e. The Morgan fingerprint density at radius 1 is 0.943 bits per heavy atom. The van der Waals surface area contributed by atoms with Crippen LogP contribution < -0.4 is 5.32 Å². The third-order valence-corrected chi connectivity index (χ3v) is 7.07. The van der Waals surface area contributed by atoms with Crippen molar-refractivity contribution in [3.63, 3.8) is 0 Å². The van der Waals surface area contributed by atoms with Gasteiger partial charge in [-0.1, -0.05) is 96.9 Å². The maximum atomic E-state index is 13.6. The van der Waals surface area contributed by atoms with Crippen LogP contribution in [0.2, 0.25) is 10.0 Å². The Morgan fingerprint density at radius 2 is 1.60 bits per heavy atom. The van der Waals surface area contributed by atoms with E-state index < -0.39 is 6.04 Å². The highest BCUT2D eigenvalue weighted by atomic mass is 35.5. The second-order valence-corrected chi connectivity index (χ2v) is 10.1.